The molecular formula is C34H26O8S. The van der Waals surface area contributed by atoms with Gasteiger partial charge in [-0.3, -0.25) is 4.79 Å². The molecule has 0 aliphatic carbocycles. The fourth-order valence-electron chi connectivity index (χ4n) is 3.99. The van der Waals surface area contributed by atoms with Gasteiger partial charge in [-0.05, 0) is 42.0 Å². The number of ketones is 1. The maximum Gasteiger partial charge on any atom is 0.343 e. The third-order valence-corrected chi connectivity index (χ3v) is 7.39. The van der Waals surface area contributed by atoms with Gasteiger partial charge in [0.1, 0.15) is 11.5 Å². The van der Waals surface area contributed by atoms with Crippen LogP contribution in [0, 0.1) is 0 Å². The fraction of sp³-hybridized carbons (Fsp3) is 0.0588. The number of esters is 1. The van der Waals surface area contributed by atoms with Crippen LogP contribution in [0.2, 0.25) is 0 Å². The van der Waals surface area contributed by atoms with Crippen molar-refractivity contribution in [3.63, 3.8) is 0 Å². The minimum Gasteiger partial charge on any atom is -0.485 e. The molecule has 5 aromatic rings. The molecule has 43 heavy (non-hydrogen) atoms. The van der Waals surface area contributed by atoms with Gasteiger partial charge in [0, 0.05) is 5.56 Å². The van der Waals surface area contributed by atoms with Crippen LogP contribution in [0.4, 0.5) is 0 Å². The molecule has 0 saturated heterocycles. The third kappa shape index (κ3) is 7.46. The minimum absolute atomic E-state index is 0.00923. The first-order valence-corrected chi connectivity index (χ1v) is 14.6. The second-order valence-corrected chi connectivity index (χ2v) is 10.7. The van der Waals surface area contributed by atoms with Crippen LogP contribution in [0.15, 0.2) is 138 Å². The molecule has 8 nitrogen and oxygen atoms in total. The van der Waals surface area contributed by atoms with Crippen molar-refractivity contribution in [3.8, 4) is 23.0 Å². The van der Waals surface area contributed by atoms with Gasteiger partial charge in [-0.15, -0.1) is 0 Å². The van der Waals surface area contributed by atoms with Gasteiger partial charge >= 0.3 is 16.1 Å². The van der Waals surface area contributed by atoms with E-state index in [2.05, 4.69) is 0 Å². The van der Waals surface area contributed by atoms with Crippen LogP contribution in [-0.2, 0) is 16.7 Å². The van der Waals surface area contributed by atoms with E-state index in [4.69, 9.17) is 18.4 Å². The first-order chi connectivity index (χ1) is 20.9. The Balaban J connectivity index is 1.57. The summed E-state index contributed by atoms with van der Waals surface area (Å²) in [5.74, 6) is -1.97. The van der Waals surface area contributed by atoms with Crippen molar-refractivity contribution in [3.05, 3.63) is 150 Å². The SMILES string of the molecule is O=C(COc1c(OC(=O)c2ccccc2)ccc(OCc2ccccc2)c1OS(=O)(=O)c1ccccc1)c1ccccc1. The molecule has 0 N–H and O–H groups in total. The van der Waals surface area contributed by atoms with Gasteiger partial charge in [0.2, 0.25) is 11.5 Å². The number of ether oxygens (including phenoxy) is 3. The Morgan fingerprint density at radius 3 is 1.72 bits per heavy atom. The van der Waals surface area contributed by atoms with Crippen LogP contribution in [0.1, 0.15) is 26.3 Å². The van der Waals surface area contributed by atoms with Gasteiger partial charge in [-0.1, -0.05) is 97.1 Å². The highest BCUT2D eigenvalue weighted by atomic mass is 32.2. The lowest BCUT2D eigenvalue weighted by atomic mass is 10.1. The maximum absolute atomic E-state index is 13.4. The Hall–Kier alpha value is -5.41. The highest BCUT2D eigenvalue weighted by molar-refractivity contribution is 7.87. The predicted octanol–water partition coefficient (Wildman–Crippen LogP) is 6.51. The molecular weight excluding hydrogens is 568 g/mol. The summed E-state index contributed by atoms with van der Waals surface area (Å²) < 4.78 is 49.9. The van der Waals surface area contributed by atoms with Gasteiger partial charge in [0.05, 0.1) is 5.56 Å². The van der Waals surface area contributed by atoms with Crippen LogP contribution >= 0.6 is 0 Å². The average Bonchev–Trinajstić information content (AvgIpc) is 3.05. The Labute approximate surface area is 249 Å². The summed E-state index contributed by atoms with van der Waals surface area (Å²) in [4.78, 5) is 25.8. The molecule has 0 spiro atoms. The summed E-state index contributed by atoms with van der Waals surface area (Å²) >= 11 is 0. The zero-order chi connectivity index (χ0) is 30.1. The molecule has 0 atom stereocenters. The summed E-state index contributed by atoms with van der Waals surface area (Å²) in [6, 6.07) is 36.2. The lowest BCUT2D eigenvalue weighted by Crippen LogP contribution is -2.17. The van der Waals surface area contributed by atoms with Crippen molar-refractivity contribution in [2.45, 2.75) is 11.5 Å². The van der Waals surface area contributed by atoms with Crippen molar-refractivity contribution in [1.29, 1.82) is 0 Å². The van der Waals surface area contributed by atoms with E-state index in [1.165, 1.54) is 24.3 Å². The van der Waals surface area contributed by atoms with E-state index in [1.54, 1.807) is 78.9 Å². The first kappa shape index (κ1) is 29.1. The summed E-state index contributed by atoms with van der Waals surface area (Å²) in [5.41, 5.74) is 1.43. The number of rotatable bonds is 12. The Bertz CT molecular complexity index is 1790. The highest BCUT2D eigenvalue weighted by Gasteiger charge is 2.28. The molecule has 0 aromatic heterocycles. The van der Waals surface area contributed by atoms with Crippen LogP contribution in [-0.4, -0.2) is 26.8 Å². The number of carbonyl (C=O) groups is 2. The van der Waals surface area contributed by atoms with E-state index in [1.807, 2.05) is 30.3 Å². The normalized spacial score (nSPS) is 10.9. The van der Waals surface area contributed by atoms with Crippen molar-refractivity contribution in [1.82, 2.24) is 0 Å². The lowest BCUT2D eigenvalue weighted by Gasteiger charge is -2.19. The highest BCUT2D eigenvalue weighted by Crippen LogP contribution is 2.46. The van der Waals surface area contributed by atoms with Crippen molar-refractivity contribution < 1.29 is 36.4 Å². The Kier molecular flexibility index (Phi) is 9.14. The van der Waals surface area contributed by atoms with Crippen molar-refractivity contribution in [2.24, 2.45) is 0 Å². The van der Waals surface area contributed by atoms with Gasteiger partial charge in [-0.2, -0.15) is 8.42 Å². The quantitative estimate of drug-likeness (QED) is 0.0696. The topological polar surface area (TPSA) is 105 Å². The van der Waals surface area contributed by atoms with Crippen molar-refractivity contribution >= 4 is 21.9 Å². The predicted molar refractivity (Wildman–Crippen MR) is 159 cm³/mol. The van der Waals surface area contributed by atoms with E-state index in [0.29, 0.717) is 5.56 Å². The standard InChI is InChI=1S/C34H26O8S/c35-29(26-15-7-2-8-16-26)24-40-32-31(41-34(36)27-17-9-3-10-18-27)22-21-30(39-23-25-13-5-1-6-14-25)33(32)42-43(37,38)28-19-11-4-12-20-28/h1-22H,23-24H2. The van der Waals surface area contributed by atoms with Crippen LogP contribution in [0.3, 0.4) is 0 Å². The van der Waals surface area contributed by atoms with Crippen LogP contribution < -0.4 is 18.4 Å². The maximum atomic E-state index is 13.4. The van der Waals surface area contributed by atoms with Crippen molar-refractivity contribution in [2.75, 3.05) is 6.61 Å². The Morgan fingerprint density at radius 1 is 0.558 bits per heavy atom. The van der Waals surface area contributed by atoms with Gasteiger partial charge in [-0.25, -0.2) is 4.79 Å². The number of carbonyl (C=O) groups excluding carboxylic acids is 2. The molecule has 0 heterocycles. The zero-order valence-corrected chi connectivity index (χ0v) is 23.6. The molecule has 9 heteroatoms. The molecule has 216 valence electrons. The second-order valence-electron chi connectivity index (χ2n) is 9.18. The summed E-state index contributed by atoms with van der Waals surface area (Å²) in [6.45, 7) is -0.447. The zero-order valence-electron chi connectivity index (χ0n) is 22.8. The van der Waals surface area contributed by atoms with E-state index < -0.39 is 28.5 Å². The molecule has 0 radical (unpaired) electrons. The second kappa shape index (κ2) is 13.5. The summed E-state index contributed by atoms with van der Waals surface area (Å²) in [5, 5.41) is 0. The van der Waals surface area contributed by atoms with Gasteiger partial charge in [0.15, 0.2) is 23.9 Å². The molecule has 0 aliphatic rings. The van der Waals surface area contributed by atoms with Gasteiger partial charge in [0.25, 0.3) is 0 Å². The fourth-order valence-corrected chi connectivity index (χ4v) is 4.96. The first-order valence-electron chi connectivity index (χ1n) is 13.2. The smallest absolute Gasteiger partial charge is 0.343 e. The number of hydrogen-bond donors (Lipinski definition) is 0. The average molecular weight is 595 g/mol. The number of Topliss-reactive ketones (excluding diaryl/α,β-unsaturated/α-hetero) is 1. The molecule has 0 bridgehead atoms. The molecule has 0 amide bonds. The molecule has 5 aromatic carbocycles. The van der Waals surface area contributed by atoms with E-state index in [9.17, 15) is 18.0 Å². The van der Waals surface area contributed by atoms with Crippen LogP contribution in [0.25, 0.3) is 0 Å². The molecule has 0 aliphatic heterocycles. The Morgan fingerprint density at radius 2 is 1.09 bits per heavy atom. The molecule has 5 rings (SSSR count). The summed E-state index contributed by atoms with van der Waals surface area (Å²) in [7, 11) is -4.41. The molecule has 0 fully saturated rings. The third-order valence-electron chi connectivity index (χ3n) is 6.16. The minimum atomic E-state index is -4.41. The number of benzene rings is 5. The van der Waals surface area contributed by atoms with Crippen LogP contribution in [0.5, 0.6) is 23.0 Å². The number of hydrogen-bond acceptors (Lipinski definition) is 8. The lowest BCUT2D eigenvalue weighted by molar-refractivity contribution is 0.0727. The van der Waals surface area contributed by atoms with E-state index in [0.717, 1.165) is 5.56 Å². The molecule has 0 unspecified atom stereocenters. The monoisotopic (exact) mass is 594 g/mol. The molecule has 0 saturated carbocycles. The largest absolute Gasteiger partial charge is 0.485 e. The van der Waals surface area contributed by atoms with E-state index >= 15 is 0 Å². The van der Waals surface area contributed by atoms with Gasteiger partial charge < -0.3 is 18.4 Å². The van der Waals surface area contributed by atoms with E-state index in [-0.39, 0.29) is 40.1 Å². The summed E-state index contributed by atoms with van der Waals surface area (Å²) in [6.07, 6.45) is 0.